The fraction of sp³-hybridized carbons (Fsp3) is 0.600. The van der Waals surface area contributed by atoms with Crippen LogP contribution in [0.3, 0.4) is 0 Å². The zero-order valence-electron chi connectivity index (χ0n) is 8.92. The van der Waals surface area contributed by atoms with Gasteiger partial charge in [-0.3, -0.25) is 0 Å². The number of anilines is 1. The first-order valence-corrected chi connectivity index (χ1v) is 6.33. The van der Waals surface area contributed by atoms with E-state index in [4.69, 9.17) is 5.73 Å². The van der Waals surface area contributed by atoms with E-state index in [0.717, 1.165) is 48.0 Å². The van der Waals surface area contributed by atoms with Crippen molar-refractivity contribution in [3.05, 3.63) is 17.1 Å². The number of aromatic nitrogens is 2. The van der Waals surface area contributed by atoms with Gasteiger partial charge in [0.15, 0.2) is 0 Å². The number of fused-ring (bicyclic) bond motifs is 1. The summed E-state index contributed by atoms with van der Waals surface area (Å²) < 4.78 is 0. The summed E-state index contributed by atoms with van der Waals surface area (Å²) in [7, 11) is 1.95. The number of nitrogen functional groups attached to an aromatic ring is 1. The standard InChI is InChI=1S/C10H16N4S/c1-12-4-2-3-9-13-8-6-15-5-7(8)10(11)14-9/h12H,2-6H2,1H3,(H2,11,13,14). The average Bonchev–Trinajstić information content (AvgIpc) is 2.66. The van der Waals surface area contributed by atoms with Gasteiger partial charge >= 0.3 is 0 Å². The Bertz CT molecular complexity index is 354. The molecule has 0 fully saturated rings. The Morgan fingerprint density at radius 1 is 1.40 bits per heavy atom. The number of aryl methyl sites for hydroxylation is 1. The summed E-state index contributed by atoms with van der Waals surface area (Å²) in [4.78, 5) is 8.89. The largest absolute Gasteiger partial charge is 0.383 e. The number of nitrogens with two attached hydrogens (primary N) is 1. The van der Waals surface area contributed by atoms with Crippen LogP contribution in [0.5, 0.6) is 0 Å². The van der Waals surface area contributed by atoms with E-state index in [1.54, 1.807) is 0 Å². The van der Waals surface area contributed by atoms with Crippen molar-refractivity contribution in [1.29, 1.82) is 0 Å². The first-order valence-electron chi connectivity index (χ1n) is 5.17. The molecule has 0 unspecified atom stereocenters. The molecule has 82 valence electrons. The lowest BCUT2D eigenvalue weighted by molar-refractivity contribution is 0.700. The highest BCUT2D eigenvalue weighted by Crippen LogP contribution is 2.31. The summed E-state index contributed by atoms with van der Waals surface area (Å²) in [5.41, 5.74) is 8.19. The molecule has 0 bridgehead atoms. The minimum atomic E-state index is 0.685. The topological polar surface area (TPSA) is 63.8 Å². The fourth-order valence-corrected chi connectivity index (χ4v) is 2.72. The maximum absolute atomic E-state index is 5.90. The predicted molar refractivity (Wildman–Crippen MR) is 63.7 cm³/mol. The molecule has 0 saturated carbocycles. The minimum absolute atomic E-state index is 0.685. The van der Waals surface area contributed by atoms with Crippen LogP contribution in [0.4, 0.5) is 5.82 Å². The van der Waals surface area contributed by atoms with Gasteiger partial charge in [0.05, 0.1) is 5.69 Å². The lowest BCUT2D eigenvalue weighted by Crippen LogP contribution is -2.11. The molecule has 0 aromatic carbocycles. The Morgan fingerprint density at radius 2 is 2.27 bits per heavy atom. The van der Waals surface area contributed by atoms with Gasteiger partial charge < -0.3 is 11.1 Å². The van der Waals surface area contributed by atoms with Crippen molar-refractivity contribution in [3.8, 4) is 0 Å². The Balaban J connectivity index is 2.09. The van der Waals surface area contributed by atoms with E-state index in [0.29, 0.717) is 5.82 Å². The highest BCUT2D eigenvalue weighted by Gasteiger charge is 2.17. The van der Waals surface area contributed by atoms with Crippen LogP contribution in [0.25, 0.3) is 0 Å². The Morgan fingerprint density at radius 3 is 3.07 bits per heavy atom. The molecular weight excluding hydrogens is 208 g/mol. The predicted octanol–water partition coefficient (Wildman–Crippen LogP) is 0.958. The first kappa shape index (κ1) is 10.7. The van der Waals surface area contributed by atoms with Crippen molar-refractivity contribution >= 4 is 17.6 Å². The zero-order valence-corrected chi connectivity index (χ0v) is 9.73. The van der Waals surface area contributed by atoms with E-state index in [1.807, 2.05) is 18.8 Å². The van der Waals surface area contributed by atoms with Gasteiger partial charge in [-0.25, -0.2) is 9.97 Å². The van der Waals surface area contributed by atoms with Crippen molar-refractivity contribution < 1.29 is 0 Å². The third-order valence-electron chi connectivity index (χ3n) is 2.48. The van der Waals surface area contributed by atoms with E-state index in [-0.39, 0.29) is 0 Å². The Kier molecular flexibility index (Phi) is 3.43. The molecule has 1 aromatic rings. The number of nitrogens with one attached hydrogen (secondary N) is 1. The van der Waals surface area contributed by atoms with Crippen molar-refractivity contribution in [2.45, 2.75) is 24.3 Å². The fourth-order valence-electron chi connectivity index (χ4n) is 1.66. The second kappa shape index (κ2) is 4.81. The van der Waals surface area contributed by atoms with Gasteiger partial charge in [0.2, 0.25) is 0 Å². The van der Waals surface area contributed by atoms with Crippen LogP contribution in [0, 0.1) is 0 Å². The quantitative estimate of drug-likeness (QED) is 0.746. The van der Waals surface area contributed by atoms with Gasteiger partial charge in [-0.15, -0.1) is 0 Å². The van der Waals surface area contributed by atoms with Crippen molar-refractivity contribution in [1.82, 2.24) is 15.3 Å². The highest BCUT2D eigenvalue weighted by atomic mass is 32.2. The average molecular weight is 224 g/mol. The summed E-state index contributed by atoms with van der Waals surface area (Å²) in [6.07, 6.45) is 1.96. The van der Waals surface area contributed by atoms with E-state index in [2.05, 4.69) is 15.3 Å². The minimum Gasteiger partial charge on any atom is -0.383 e. The molecule has 15 heavy (non-hydrogen) atoms. The number of thioether (sulfide) groups is 1. The highest BCUT2D eigenvalue weighted by molar-refractivity contribution is 7.98. The van der Waals surface area contributed by atoms with Gasteiger partial charge in [-0.1, -0.05) is 0 Å². The van der Waals surface area contributed by atoms with Crippen molar-refractivity contribution in [2.24, 2.45) is 0 Å². The van der Waals surface area contributed by atoms with Gasteiger partial charge in [0.25, 0.3) is 0 Å². The molecule has 0 saturated heterocycles. The van der Waals surface area contributed by atoms with Gasteiger partial charge in [-0.05, 0) is 20.0 Å². The van der Waals surface area contributed by atoms with Crippen LogP contribution >= 0.6 is 11.8 Å². The second-order valence-electron chi connectivity index (χ2n) is 3.65. The third-order valence-corrected chi connectivity index (χ3v) is 3.45. The lowest BCUT2D eigenvalue weighted by Gasteiger charge is -2.05. The first-order chi connectivity index (χ1) is 7.31. The van der Waals surface area contributed by atoms with Crippen LogP contribution in [0.15, 0.2) is 0 Å². The van der Waals surface area contributed by atoms with Crippen LogP contribution < -0.4 is 11.1 Å². The normalized spacial score (nSPS) is 14.2. The summed E-state index contributed by atoms with van der Waals surface area (Å²) in [5, 5.41) is 3.11. The molecule has 0 radical (unpaired) electrons. The number of hydrogen-bond donors (Lipinski definition) is 2. The third kappa shape index (κ3) is 2.41. The molecule has 1 aliphatic heterocycles. The zero-order chi connectivity index (χ0) is 10.7. The van der Waals surface area contributed by atoms with Crippen LogP contribution in [0.1, 0.15) is 23.5 Å². The molecule has 2 heterocycles. The monoisotopic (exact) mass is 224 g/mol. The summed E-state index contributed by atoms with van der Waals surface area (Å²) in [6, 6.07) is 0. The van der Waals surface area contributed by atoms with Crippen molar-refractivity contribution in [3.63, 3.8) is 0 Å². The SMILES string of the molecule is CNCCCc1nc(N)c2c(n1)CSC2. The van der Waals surface area contributed by atoms with Crippen LogP contribution in [-0.4, -0.2) is 23.6 Å². The molecule has 1 aromatic heterocycles. The van der Waals surface area contributed by atoms with E-state index >= 15 is 0 Å². The molecular formula is C10H16N4S. The summed E-state index contributed by atoms with van der Waals surface area (Å²) in [5.74, 6) is 3.53. The Labute approximate surface area is 94.1 Å². The van der Waals surface area contributed by atoms with Gasteiger partial charge in [0, 0.05) is 23.5 Å². The molecule has 1 aliphatic rings. The Hall–Kier alpha value is -0.810. The maximum Gasteiger partial charge on any atom is 0.131 e. The molecule has 0 atom stereocenters. The van der Waals surface area contributed by atoms with Gasteiger partial charge in [0.1, 0.15) is 11.6 Å². The van der Waals surface area contributed by atoms with Crippen LogP contribution in [0.2, 0.25) is 0 Å². The molecule has 0 amide bonds. The van der Waals surface area contributed by atoms with Gasteiger partial charge in [-0.2, -0.15) is 11.8 Å². The molecule has 2 rings (SSSR count). The van der Waals surface area contributed by atoms with Crippen molar-refractivity contribution in [2.75, 3.05) is 19.3 Å². The summed E-state index contributed by atoms with van der Waals surface area (Å²) >= 11 is 1.86. The maximum atomic E-state index is 5.90. The molecule has 5 heteroatoms. The molecule has 3 N–H and O–H groups in total. The number of hydrogen-bond acceptors (Lipinski definition) is 5. The smallest absolute Gasteiger partial charge is 0.131 e. The lowest BCUT2D eigenvalue weighted by atomic mass is 10.2. The number of nitrogens with zero attached hydrogens (tertiary/aromatic N) is 2. The van der Waals surface area contributed by atoms with Crippen LogP contribution in [-0.2, 0) is 17.9 Å². The summed E-state index contributed by atoms with van der Waals surface area (Å²) in [6.45, 7) is 0.995. The molecule has 4 nitrogen and oxygen atoms in total. The van der Waals surface area contributed by atoms with E-state index in [1.165, 1.54) is 0 Å². The molecule has 0 spiro atoms. The van der Waals surface area contributed by atoms with E-state index in [9.17, 15) is 0 Å². The molecule has 0 aliphatic carbocycles. The second-order valence-corrected chi connectivity index (χ2v) is 4.64. The number of rotatable bonds is 4. The van der Waals surface area contributed by atoms with E-state index < -0.39 is 0 Å².